The molecule has 0 radical (unpaired) electrons. The standard InChI is InChI=1S/C24H28N2O.C24H39NOSi2.C20H29NOSi.C16H29NOSi.C15H27NOSi.C14H24N2O.12ClH.6Zr/c1-24(2,3)22-17-11-12-19(23(22)27)18-25(4)26(20-13-7-5-8-14-20)21-15-9-6-10-16-21;1-24(2,3)22-13-11-12-18(23(22)26)17-25(4)19-14-20(27(5,6)7)16-21(15-19)28(8,9)10;1-20(2,3)18-14-10-11-16(19(18)22)15-21(4)23(5,6)17-12-8-7-9-13-17;1-16(2,3)14-10-8-9-13(15(14)18)11-17(4)12-19(5,6)7;1-15(2,3)13-10-8-9-12(14(13)17)11-16(4)18(5,6)7;1-14(2,3)12-9-7-8-11(13(12)17)10-16(6)15(4)5;;;;;;;;;;;;;;;;;;/h5-17,27H,18H2,1-4H3;11-16,26H,17H2,1-10H3;7-14,22H,15H2,1-6H3;8-10,18H,11-12H2,1-7H3;8-10,17H,11H2,1-7H3;7-9,17H,10H2,1-6H3;12*1H;;;;;;/q;;;;;;;;;;;;;;;;;;6*+2/p-12. The van der Waals surface area contributed by atoms with Crippen LogP contribution >= 0.6 is 102 Å². The molecule has 0 heterocycles. The minimum absolute atomic E-state index is 0.0160. The van der Waals surface area contributed by atoms with E-state index in [9.17, 15) is 30.6 Å². The van der Waals surface area contributed by atoms with Crippen LogP contribution in [0.2, 0.25) is 91.7 Å². The van der Waals surface area contributed by atoms with Crippen molar-refractivity contribution >= 4 is 175 Å². The molecule has 0 aliphatic heterocycles. The molecule has 14 nitrogen and oxygen atoms in total. The molecule has 10 rings (SSSR count). The fraction of sp³-hybridized carbons (Fsp3) is 0.469. The van der Waals surface area contributed by atoms with E-state index < -0.39 is 166 Å². The molecular weight excluding hydrogens is 2680 g/mol. The summed E-state index contributed by atoms with van der Waals surface area (Å²) in [5.41, 5.74) is 15.2. The predicted molar refractivity (Wildman–Crippen MR) is 657 cm³/mol. The summed E-state index contributed by atoms with van der Waals surface area (Å²) < 4.78 is 4.80. The number of hydrazine groups is 2. The summed E-state index contributed by atoms with van der Waals surface area (Å²) in [6.07, 6.45) is 1.15. The van der Waals surface area contributed by atoms with Gasteiger partial charge in [-0.05, 0) is 135 Å². The molecule has 0 aromatic heterocycles. The van der Waals surface area contributed by atoms with Gasteiger partial charge in [0.25, 0.3) is 0 Å². The number of para-hydroxylation sites is 8. The molecule has 150 heavy (non-hydrogen) atoms. The Kier molecular flexibility index (Phi) is 74.6. The van der Waals surface area contributed by atoms with E-state index in [0.717, 1.165) is 104 Å². The molecule has 832 valence electrons. The summed E-state index contributed by atoms with van der Waals surface area (Å²) in [6.45, 7) is 76.0. The second kappa shape index (κ2) is 73.5. The Labute approximate surface area is 1030 Å². The Bertz CT molecular complexity index is 5380. The van der Waals surface area contributed by atoms with Gasteiger partial charge < -0.3 is 49.6 Å². The van der Waals surface area contributed by atoms with Gasteiger partial charge in [-0.1, -0.05) is 409 Å². The third-order valence-corrected chi connectivity index (χ3v) is 36.3. The van der Waals surface area contributed by atoms with Gasteiger partial charge in [0.1, 0.15) is 42.7 Å². The van der Waals surface area contributed by atoms with Gasteiger partial charge in [-0.3, -0.25) is 5.01 Å². The van der Waals surface area contributed by atoms with Crippen molar-refractivity contribution in [2.24, 2.45) is 0 Å². The summed E-state index contributed by atoms with van der Waals surface area (Å²) in [5.74, 6) is 2.64. The third-order valence-electron chi connectivity index (χ3n) is 24.5. The zero-order valence-corrected chi connectivity index (χ0v) is 126. The first kappa shape index (κ1) is 152. The number of anilines is 3. The quantitative estimate of drug-likeness (QED) is 0.0252. The van der Waals surface area contributed by atoms with Crippen molar-refractivity contribution in [2.75, 3.05) is 72.5 Å². The van der Waals surface area contributed by atoms with Crippen molar-refractivity contribution in [2.45, 2.75) is 288 Å². The summed E-state index contributed by atoms with van der Waals surface area (Å²) in [6, 6.07) is 75.0. The topological polar surface area (TPSA) is 147 Å². The van der Waals surface area contributed by atoms with Crippen LogP contribution in [0.15, 0.2) is 218 Å². The monoisotopic (exact) mass is 2840 g/mol. The molecule has 0 fully saturated rings. The van der Waals surface area contributed by atoms with Crippen molar-refractivity contribution in [1.29, 1.82) is 0 Å². The second-order valence-corrected chi connectivity index (χ2v) is 95.5. The van der Waals surface area contributed by atoms with Gasteiger partial charge in [-0.15, -0.1) is 0 Å². The Hall–Kier alpha value is 0.223. The molecule has 0 saturated heterocycles. The average molecular weight is 2860 g/mol. The van der Waals surface area contributed by atoms with Crippen molar-refractivity contribution in [3.05, 3.63) is 285 Å². The van der Waals surface area contributed by atoms with E-state index in [2.05, 4.69) is 369 Å². The van der Waals surface area contributed by atoms with Crippen LogP contribution in [0.25, 0.3) is 0 Å². The normalized spacial score (nSPS) is 11.6. The van der Waals surface area contributed by atoms with Gasteiger partial charge in [0.2, 0.25) is 0 Å². The van der Waals surface area contributed by atoms with Gasteiger partial charge in [-0.2, -0.15) is 0 Å². The molecule has 0 aliphatic rings. The number of phenolic OH excluding ortho intramolecular Hbond substituents is 6. The molecule has 10 aromatic rings. The van der Waals surface area contributed by atoms with E-state index in [0.29, 0.717) is 54.1 Å². The molecule has 0 saturated carbocycles. The molecule has 37 heteroatoms. The van der Waals surface area contributed by atoms with Gasteiger partial charge in [0.15, 0.2) is 8.24 Å². The number of aromatic hydroxyl groups is 6. The Morgan fingerprint density at radius 3 is 0.707 bits per heavy atom. The average Bonchev–Trinajstić information content (AvgIpc) is 0.795. The Morgan fingerprint density at radius 2 is 0.473 bits per heavy atom. The maximum absolute atomic E-state index is 10.9. The number of rotatable bonds is 24. The number of hydrogen-bond acceptors (Lipinski definition) is 14. The fourth-order valence-corrected chi connectivity index (χ4v) is 22.4. The van der Waals surface area contributed by atoms with Crippen LogP contribution in [-0.2, 0) is 197 Å². The molecule has 0 aliphatic carbocycles. The van der Waals surface area contributed by atoms with Crippen molar-refractivity contribution < 1.29 is 156 Å². The second-order valence-electron chi connectivity index (χ2n) is 47.9. The zero-order valence-electron chi connectivity index (χ0n) is 97.0. The van der Waals surface area contributed by atoms with Crippen LogP contribution in [0.4, 0.5) is 17.1 Å². The minimum atomic E-state index is -1.73. The van der Waals surface area contributed by atoms with Gasteiger partial charge in [0, 0.05) is 114 Å². The number of hydrogen-bond donors (Lipinski definition) is 6. The molecule has 6 N–H and O–H groups in total. The van der Waals surface area contributed by atoms with E-state index in [1.54, 1.807) is 0 Å². The fourth-order valence-electron chi connectivity index (χ4n) is 15.5. The van der Waals surface area contributed by atoms with E-state index in [1.807, 2.05) is 161 Å². The number of halogens is 12. The first-order valence-electron chi connectivity index (χ1n) is 49.6. The van der Waals surface area contributed by atoms with E-state index in [1.165, 1.54) is 21.2 Å². The molecule has 0 unspecified atom stereocenters. The van der Waals surface area contributed by atoms with Crippen molar-refractivity contribution in [3.8, 4) is 34.5 Å². The van der Waals surface area contributed by atoms with E-state index >= 15 is 0 Å². The van der Waals surface area contributed by atoms with E-state index in [4.69, 9.17) is 102 Å². The van der Waals surface area contributed by atoms with E-state index in [-0.39, 0.29) is 32.5 Å². The van der Waals surface area contributed by atoms with Crippen molar-refractivity contribution in [1.82, 2.24) is 29.1 Å². The summed E-state index contributed by atoms with van der Waals surface area (Å²) in [7, 11) is 68.9. The summed E-state index contributed by atoms with van der Waals surface area (Å²) >= 11 is -4.95. The third kappa shape index (κ3) is 58.1. The summed E-state index contributed by atoms with van der Waals surface area (Å²) in [4.78, 5) is 4.61. The van der Waals surface area contributed by atoms with Crippen LogP contribution in [0.1, 0.15) is 191 Å². The van der Waals surface area contributed by atoms with Crippen LogP contribution in [0.5, 0.6) is 34.5 Å². The molecule has 10 aromatic carbocycles. The summed E-state index contributed by atoms with van der Waals surface area (Å²) in [5, 5.41) is 76.4. The molecule has 0 amide bonds. The Balaban J connectivity index is 0. The predicted octanol–water partition coefficient (Wildman–Crippen LogP) is 34.3. The van der Waals surface area contributed by atoms with Crippen LogP contribution in [-0.4, -0.2) is 163 Å². The first-order valence-corrected chi connectivity index (χ1v) is 105. The Morgan fingerprint density at radius 1 is 0.247 bits per heavy atom. The molecular formula is C113H176Cl12N8O6Si5Zr6. The number of benzene rings is 10. The van der Waals surface area contributed by atoms with Crippen LogP contribution < -0.4 is 25.5 Å². The number of nitrogens with zero attached hydrogens (tertiary/aromatic N) is 8. The van der Waals surface area contributed by atoms with Crippen molar-refractivity contribution in [3.63, 3.8) is 0 Å². The zero-order chi connectivity index (χ0) is 117. The van der Waals surface area contributed by atoms with Gasteiger partial charge in [-0.25, -0.2) is 15.0 Å². The SMILES string of the molecule is CN(C)N(C)Cc1cccc(C(C)(C)C)c1O.CN(Cc1cccc(C(C)(C)C)c1O)C[Si](C)(C)C.CN(Cc1cccc(C(C)(C)C)c1O)N(c1ccccc1)c1ccccc1.CN(Cc1cccc(C(C)(C)C)c1O)[Si](C)(C)C.CN(Cc1cccc(C(C)(C)C)c1O)[Si](C)(C)c1ccccc1.CN(Cc1cccc(C(C)(C)C)c1O)c1cc([Si](C)(C)C)cc([Si](C)(C)C)c1.[Cl][Zr][Cl].[Cl][Zr][Cl].[Cl][Zr][Cl].[Cl][Zr][Cl].[Cl][Zr][Cl].[Cl][Zr][Cl]. The van der Waals surface area contributed by atoms with Gasteiger partial charge in [0.05, 0.1) is 35.6 Å². The number of phenols is 6. The van der Waals surface area contributed by atoms with Crippen LogP contribution in [0, 0.1) is 0 Å². The molecule has 0 bridgehead atoms. The first-order chi connectivity index (χ1) is 68.9. The maximum atomic E-state index is 10.9. The molecule has 0 atom stereocenters. The molecule has 0 spiro atoms. The van der Waals surface area contributed by atoms with Gasteiger partial charge >= 0.3 is 227 Å². The van der Waals surface area contributed by atoms with Crippen LogP contribution in [0.3, 0.4) is 0 Å².